The number of halogens is 1. The predicted octanol–water partition coefficient (Wildman–Crippen LogP) is 1.50. The maximum Gasteiger partial charge on any atom is 0.101 e. The van der Waals surface area contributed by atoms with Crippen LogP contribution in [0.3, 0.4) is 0 Å². The molecule has 0 unspecified atom stereocenters. The second-order valence-electron chi connectivity index (χ2n) is 1.92. The van der Waals surface area contributed by atoms with E-state index in [-0.39, 0.29) is 0 Å². The summed E-state index contributed by atoms with van der Waals surface area (Å²) in [5.41, 5.74) is 3.27. The molecule has 0 spiro atoms. The van der Waals surface area contributed by atoms with Gasteiger partial charge in [-0.1, -0.05) is 17.7 Å². The normalized spacial score (nSPS) is 8.82. The Balaban J connectivity index is 3.27. The smallest absolute Gasteiger partial charge is 0.101 e. The van der Waals surface area contributed by atoms with E-state index in [4.69, 9.17) is 22.7 Å². The van der Waals surface area contributed by atoms with Gasteiger partial charge in [-0.3, -0.25) is 5.84 Å². The number of rotatable bonds is 1. The van der Waals surface area contributed by atoms with E-state index in [1.165, 1.54) is 0 Å². The molecule has 0 atom stereocenters. The standard InChI is InChI=1S/C7H6ClN3/c8-6-3-1-2-5(4-9)7(6)11-10/h1-3,11H,10H2. The van der Waals surface area contributed by atoms with Crippen LogP contribution < -0.4 is 11.3 Å². The number of nitrogens with two attached hydrogens (primary N) is 1. The number of nitrogens with zero attached hydrogens (tertiary/aromatic N) is 1. The van der Waals surface area contributed by atoms with E-state index >= 15 is 0 Å². The van der Waals surface area contributed by atoms with Crippen molar-refractivity contribution in [3.8, 4) is 6.07 Å². The summed E-state index contributed by atoms with van der Waals surface area (Å²) >= 11 is 5.71. The third-order valence-corrected chi connectivity index (χ3v) is 1.59. The first-order valence-electron chi connectivity index (χ1n) is 2.95. The van der Waals surface area contributed by atoms with Crippen molar-refractivity contribution in [2.45, 2.75) is 0 Å². The van der Waals surface area contributed by atoms with Gasteiger partial charge in [-0.05, 0) is 12.1 Å². The van der Waals surface area contributed by atoms with Crippen LogP contribution in [0.15, 0.2) is 18.2 Å². The average Bonchev–Trinajstić information content (AvgIpc) is 2.04. The molecule has 56 valence electrons. The van der Waals surface area contributed by atoms with Crippen LogP contribution in [0.4, 0.5) is 5.69 Å². The van der Waals surface area contributed by atoms with E-state index in [0.717, 1.165) is 0 Å². The Morgan fingerprint density at radius 2 is 2.27 bits per heavy atom. The Hall–Kier alpha value is -1.24. The third-order valence-electron chi connectivity index (χ3n) is 1.28. The number of hydrazine groups is 1. The molecule has 0 aromatic heterocycles. The van der Waals surface area contributed by atoms with Crippen LogP contribution in [0.25, 0.3) is 0 Å². The summed E-state index contributed by atoms with van der Waals surface area (Å²) in [5.74, 6) is 5.14. The second-order valence-corrected chi connectivity index (χ2v) is 2.33. The van der Waals surface area contributed by atoms with E-state index in [2.05, 4.69) is 5.43 Å². The van der Waals surface area contributed by atoms with E-state index in [1.54, 1.807) is 18.2 Å². The molecule has 0 fully saturated rings. The zero-order chi connectivity index (χ0) is 8.27. The molecular formula is C7H6ClN3. The molecule has 0 aliphatic rings. The number of nitrogens with one attached hydrogen (secondary N) is 1. The van der Waals surface area contributed by atoms with Crippen LogP contribution >= 0.6 is 11.6 Å². The van der Waals surface area contributed by atoms with Gasteiger partial charge in [0.15, 0.2) is 0 Å². The van der Waals surface area contributed by atoms with E-state index < -0.39 is 0 Å². The summed E-state index contributed by atoms with van der Waals surface area (Å²) in [6.45, 7) is 0. The lowest BCUT2D eigenvalue weighted by Gasteiger charge is -2.03. The van der Waals surface area contributed by atoms with Crippen molar-refractivity contribution < 1.29 is 0 Å². The van der Waals surface area contributed by atoms with Gasteiger partial charge in [-0.2, -0.15) is 5.26 Å². The van der Waals surface area contributed by atoms with Gasteiger partial charge in [0, 0.05) is 0 Å². The maximum absolute atomic E-state index is 8.57. The lowest BCUT2D eigenvalue weighted by Crippen LogP contribution is -2.08. The molecule has 1 rings (SSSR count). The molecule has 0 heterocycles. The number of nitriles is 1. The fourth-order valence-corrected chi connectivity index (χ4v) is 0.993. The Bertz CT molecular complexity index is 303. The van der Waals surface area contributed by atoms with Crippen LogP contribution in [-0.2, 0) is 0 Å². The topological polar surface area (TPSA) is 61.8 Å². The lowest BCUT2D eigenvalue weighted by molar-refractivity contribution is 1.33. The van der Waals surface area contributed by atoms with Crippen molar-refractivity contribution in [3.63, 3.8) is 0 Å². The van der Waals surface area contributed by atoms with Gasteiger partial charge in [-0.15, -0.1) is 0 Å². The summed E-state index contributed by atoms with van der Waals surface area (Å²) < 4.78 is 0. The minimum absolute atomic E-state index is 0.444. The highest BCUT2D eigenvalue weighted by molar-refractivity contribution is 6.33. The summed E-state index contributed by atoms with van der Waals surface area (Å²) in [4.78, 5) is 0. The Labute approximate surface area is 69.4 Å². The first-order chi connectivity index (χ1) is 5.29. The quantitative estimate of drug-likeness (QED) is 0.492. The summed E-state index contributed by atoms with van der Waals surface area (Å²) in [5, 5.41) is 9.02. The molecule has 0 saturated heterocycles. The van der Waals surface area contributed by atoms with Gasteiger partial charge >= 0.3 is 0 Å². The van der Waals surface area contributed by atoms with E-state index in [9.17, 15) is 0 Å². The summed E-state index contributed by atoms with van der Waals surface area (Å²) in [7, 11) is 0. The Morgan fingerprint density at radius 3 is 2.73 bits per heavy atom. The van der Waals surface area contributed by atoms with Gasteiger partial charge < -0.3 is 5.43 Å². The van der Waals surface area contributed by atoms with E-state index in [0.29, 0.717) is 16.3 Å². The van der Waals surface area contributed by atoms with Crippen LogP contribution in [0.2, 0.25) is 5.02 Å². The number of hydrogen-bond donors (Lipinski definition) is 2. The first-order valence-corrected chi connectivity index (χ1v) is 3.32. The van der Waals surface area contributed by atoms with Crippen LogP contribution in [-0.4, -0.2) is 0 Å². The number of nitrogen functional groups attached to an aromatic ring is 1. The highest BCUT2D eigenvalue weighted by Gasteiger charge is 2.02. The molecule has 3 N–H and O–H groups in total. The summed E-state index contributed by atoms with van der Waals surface area (Å²) in [6, 6.07) is 6.96. The van der Waals surface area contributed by atoms with Gasteiger partial charge in [0.1, 0.15) is 6.07 Å². The molecule has 11 heavy (non-hydrogen) atoms. The van der Waals surface area contributed by atoms with Crippen molar-refractivity contribution in [2.24, 2.45) is 5.84 Å². The fraction of sp³-hybridized carbons (Fsp3) is 0. The summed E-state index contributed by atoms with van der Waals surface area (Å²) in [6.07, 6.45) is 0. The molecule has 1 aromatic carbocycles. The number of hydrogen-bond acceptors (Lipinski definition) is 3. The predicted molar refractivity (Wildman–Crippen MR) is 44.0 cm³/mol. The maximum atomic E-state index is 8.57. The van der Waals surface area contributed by atoms with Crippen LogP contribution in [0, 0.1) is 11.3 Å². The highest BCUT2D eigenvalue weighted by atomic mass is 35.5. The SMILES string of the molecule is N#Cc1cccc(Cl)c1NN. The molecule has 0 aliphatic heterocycles. The van der Waals surface area contributed by atoms with E-state index in [1.807, 2.05) is 6.07 Å². The van der Waals surface area contributed by atoms with Crippen LogP contribution in [0.5, 0.6) is 0 Å². The monoisotopic (exact) mass is 167 g/mol. The molecule has 0 radical (unpaired) electrons. The van der Waals surface area contributed by atoms with Gasteiger partial charge in [0.05, 0.1) is 16.3 Å². The minimum Gasteiger partial charge on any atom is -0.322 e. The number of anilines is 1. The van der Waals surface area contributed by atoms with Crippen molar-refractivity contribution in [2.75, 3.05) is 5.43 Å². The largest absolute Gasteiger partial charge is 0.322 e. The highest BCUT2D eigenvalue weighted by Crippen LogP contribution is 2.23. The number of para-hydroxylation sites is 1. The molecule has 4 heteroatoms. The molecule has 0 aliphatic carbocycles. The molecule has 0 saturated carbocycles. The zero-order valence-corrected chi connectivity index (χ0v) is 6.39. The average molecular weight is 168 g/mol. The first kappa shape index (κ1) is 7.86. The molecule has 3 nitrogen and oxygen atoms in total. The number of benzene rings is 1. The second kappa shape index (κ2) is 3.24. The van der Waals surface area contributed by atoms with Crippen molar-refractivity contribution in [1.82, 2.24) is 0 Å². The lowest BCUT2D eigenvalue weighted by atomic mass is 10.2. The molecule has 0 amide bonds. The van der Waals surface area contributed by atoms with Gasteiger partial charge in [0.25, 0.3) is 0 Å². The Morgan fingerprint density at radius 1 is 1.55 bits per heavy atom. The van der Waals surface area contributed by atoms with Crippen LogP contribution in [0.1, 0.15) is 5.56 Å². The zero-order valence-electron chi connectivity index (χ0n) is 5.63. The Kier molecular flexibility index (Phi) is 2.32. The molecule has 0 bridgehead atoms. The van der Waals surface area contributed by atoms with Gasteiger partial charge in [-0.25, -0.2) is 0 Å². The minimum atomic E-state index is 0.444. The molecular weight excluding hydrogens is 162 g/mol. The van der Waals surface area contributed by atoms with Crippen molar-refractivity contribution in [3.05, 3.63) is 28.8 Å². The van der Waals surface area contributed by atoms with Crippen molar-refractivity contribution in [1.29, 1.82) is 5.26 Å². The van der Waals surface area contributed by atoms with Gasteiger partial charge in [0.2, 0.25) is 0 Å². The van der Waals surface area contributed by atoms with Crippen molar-refractivity contribution >= 4 is 17.3 Å². The molecule has 1 aromatic rings. The third kappa shape index (κ3) is 1.43. The fourth-order valence-electron chi connectivity index (χ4n) is 0.764.